The predicted molar refractivity (Wildman–Crippen MR) is 136 cm³/mol. The van der Waals surface area contributed by atoms with Crippen molar-refractivity contribution in [2.45, 2.75) is 20.3 Å². The van der Waals surface area contributed by atoms with Crippen molar-refractivity contribution in [3.8, 4) is 22.3 Å². The largest absolute Gasteiger partial charge is 0.453 e. The molecule has 31 heavy (non-hydrogen) atoms. The minimum absolute atomic E-state index is 0.583. The second-order valence-corrected chi connectivity index (χ2v) is 9.70. The van der Waals surface area contributed by atoms with Crippen LogP contribution in [0.5, 0.6) is 0 Å². The van der Waals surface area contributed by atoms with E-state index >= 15 is 0 Å². The molecular formula is C28H22BrClO. The van der Waals surface area contributed by atoms with Crippen LogP contribution in [0, 0.1) is 5.92 Å². The smallest absolute Gasteiger partial charge is 0.154 e. The van der Waals surface area contributed by atoms with E-state index in [0.29, 0.717) is 10.9 Å². The first-order valence-electron chi connectivity index (χ1n) is 10.5. The molecule has 0 aliphatic rings. The molecule has 5 aromatic rings. The van der Waals surface area contributed by atoms with E-state index in [-0.39, 0.29) is 0 Å². The van der Waals surface area contributed by atoms with Gasteiger partial charge >= 0.3 is 0 Å². The third-order valence-electron chi connectivity index (χ3n) is 5.58. The van der Waals surface area contributed by atoms with Gasteiger partial charge in [0.15, 0.2) is 5.58 Å². The lowest BCUT2D eigenvalue weighted by molar-refractivity contribution is 0.647. The molecule has 4 aromatic carbocycles. The molecule has 0 unspecified atom stereocenters. The highest BCUT2D eigenvalue weighted by Gasteiger charge is 2.15. The number of rotatable bonds is 4. The number of benzene rings is 4. The second kappa shape index (κ2) is 8.18. The molecule has 0 fully saturated rings. The molecule has 1 heterocycles. The molecule has 0 saturated carbocycles. The number of fused-ring (bicyclic) bond motifs is 3. The standard InChI is InChI=1S/C28H22BrClO/c1-17(2)11-18-12-20(19-7-4-3-5-8-19)14-21(13-18)22-15-24-23-9-6-10-25(29)27(23)31-28(24)26(30)16-22/h3-10,12-17H,11H2,1-2H3. The van der Waals surface area contributed by atoms with Crippen molar-refractivity contribution < 1.29 is 4.42 Å². The quantitative estimate of drug-likeness (QED) is 0.245. The Kier molecular flexibility index (Phi) is 5.37. The molecule has 0 bridgehead atoms. The average Bonchev–Trinajstić information content (AvgIpc) is 3.14. The van der Waals surface area contributed by atoms with Gasteiger partial charge in [0.25, 0.3) is 0 Å². The lowest BCUT2D eigenvalue weighted by atomic mass is 9.92. The van der Waals surface area contributed by atoms with E-state index in [9.17, 15) is 0 Å². The summed E-state index contributed by atoms with van der Waals surface area (Å²) < 4.78 is 7.03. The van der Waals surface area contributed by atoms with Crippen LogP contribution in [0.1, 0.15) is 19.4 Å². The lowest BCUT2D eigenvalue weighted by Gasteiger charge is -2.13. The van der Waals surface area contributed by atoms with Crippen molar-refractivity contribution in [3.63, 3.8) is 0 Å². The summed E-state index contributed by atoms with van der Waals surface area (Å²) in [6, 6.07) is 27.7. The van der Waals surface area contributed by atoms with E-state index in [2.05, 4.69) is 90.4 Å². The van der Waals surface area contributed by atoms with Crippen molar-refractivity contribution in [2.24, 2.45) is 5.92 Å². The molecule has 0 spiro atoms. The summed E-state index contributed by atoms with van der Waals surface area (Å²) in [4.78, 5) is 0. The first-order chi connectivity index (χ1) is 15.0. The van der Waals surface area contributed by atoms with Gasteiger partial charge in [-0.2, -0.15) is 0 Å². The highest BCUT2D eigenvalue weighted by atomic mass is 79.9. The zero-order valence-corrected chi connectivity index (χ0v) is 19.8. The third-order valence-corrected chi connectivity index (χ3v) is 6.49. The van der Waals surface area contributed by atoms with Gasteiger partial charge in [-0.3, -0.25) is 0 Å². The number of furan rings is 1. The van der Waals surface area contributed by atoms with Gasteiger partial charge in [0.2, 0.25) is 0 Å². The van der Waals surface area contributed by atoms with E-state index in [4.69, 9.17) is 16.0 Å². The van der Waals surface area contributed by atoms with Gasteiger partial charge in [0, 0.05) is 10.8 Å². The van der Waals surface area contributed by atoms with Gasteiger partial charge < -0.3 is 4.42 Å². The summed E-state index contributed by atoms with van der Waals surface area (Å²) in [5.74, 6) is 0.583. The van der Waals surface area contributed by atoms with Crippen LogP contribution in [0.2, 0.25) is 5.02 Å². The monoisotopic (exact) mass is 488 g/mol. The van der Waals surface area contributed by atoms with Crippen molar-refractivity contribution in [2.75, 3.05) is 0 Å². The van der Waals surface area contributed by atoms with Crippen LogP contribution < -0.4 is 0 Å². The van der Waals surface area contributed by atoms with Crippen LogP contribution >= 0.6 is 27.5 Å². The second-order valence-electron chi connectivity index (χ2n) is 8.44. The van der Waals surface area contributed by atoms with Crippen molar-refractivity contribution >= 4 is 49.5 Å². The highest BCUT2D eigenvalue weighted by molar-refractivity contribution is 9.10. The normalized spacial score (nSPS) is 11.6. The Bertz CT molecular complexity index is 1400. The SMILES string of the molecule is CC(C)Cc1cc(-c2ccccc2)cc(-c2cc(Cl)c3oc4c(Br)cccc4c3c2)c1. The van der Waals surface area contributed by atoms with Gasteiger partial charge in [0.1, 0.15) is 5.58 Å². The summed E-state index contributed by atoms with van der Waals surface area (Å²) >= 11 is 10.3. The first-order valence-corrected chi connectivity index (χ1v) is 11.7. The fourth-order valence-electron chi connectivity index (χ4n) is 4.24. The summed E-state index contributed by atoms with van der Waals surface area (Å²) in [5, 5.41) is 2.73. The van der Waals surface area contributed by atoms with Crippen LogP contribution in [-0.4, -0.2) is 0 Å². The van der Waals surface area contributed by atoms with Gasteiger partial charge in [-0.15, -0.1) is 0 Å². The topological polar surface area (TPSA) is 13.1 Å². The summed E-state index contributed by atoms with van der Waals surface area (Å²) in [5.41, 5.74) is 7.61. The van der Waals surface area contributed by atoms with Gasteiger partial charge in [-0.1, -0.05) is 80.0 Å². The number of hydrogen-bond acceptors (Lipinski definition) is 1. The van der Waals surface area contributed by atoms with Crippen LogP contribution in [0.4, 0.5) is 0 Å². The Labute approximate surface area is 195 Å². The minimum atomic E-state index is 0.583. The Balaban J connectivity index is 1.73. The van der Waals surface area contributed by atoms with Gasteiger partial charge in [-0.05, 0) is 80.4 Å². The predicted octanol–water partition coefficient (Wildman–Crippen LogP) is 9.53. The Morgan fingerprint density at radius 2 is 1.45 bits per heavy atom. The van der Waals surface area contributed by atoms with Crippen molar-refractivity contribution in [1.82, 2.24) is 0 Å². The van der Waals surface area contributed by atoms with Crippen LogP contribution in [-0.2, 0) is 6.42 Å². The van der Waals surface area contributed by atoms with E-state index < -0.39 is 0 Å². The van der Waals surface area contributed by atoms with Crippen LogP contribution in [0.3, 0.4) is 0 Å². The molecule has 1 nitrogen and oxygen atoms in total. The molecule has 0 N–H and O–H groups in total. The minimum Gasteiger partial charge on any atom is -0.453 e. The maximum Gasteiger partial charge on any atom is 0.154 e. The lowest BCUT2D eigenvalue weighted by Crippen LogP contribution is -1.95. The summed E-state index contributed by atoms with van der Waals surface area (Å²) in [6.45, 7) is 4.51. The molecule has 0 aliphatic carbocycles. The zero-order chi connectivity index (χ0) is 21.5. The van der Waals surface area contributed by atoms with E-state index in [1.165, 1.54) is 22.3 Å². The van der Waals surface area contributed by atoms with Gasteiger partial charge in [-0.25, -0.2) is 0 Å². The van der Waals surface area contributed by atoms with E-state index in [1.54, 1.807) is 0 Å². The molecule has 0 amide bonds. The molecule has 0 saturated heterocycles. The first kappa shape index (κ1) is 20.4. The Hall–Kier alpha value is -2.55. The van der Waals surface area contributed by atoms with Crippen molar-refractivity contribution in [1.29, 1.82) is 0 Å². The maximum absolute atomic E-state index is 6.71. The molecule has 0 radical (unpaired) electrons. The molecule has 0 aliphatic heterocycles. The third kappa shape index (κ3) is 3.91. The summed E-state index contributed by atoms with van der Waals surface area (Å²) in [6.07, 6.45) is 1.03. The molecule has 5 rings (SSSR count). The molecular weight excluding hydrogens is 468 g/mol. The molecule has 0 atom stereocenters. The number of para-hydroxylation sites is 1. The summed E-state index contributed by atoms with van der Waals surface area (Å²) in [7, 11) is 0. The van der Waals surface area contributed by atoms with Crippen LogP contribution in [0.15, 0.2) is 87.8 Å². The Morgan fingerprint density at radius 1 is 0.742 bits per heavy atom. The maximum atomic E-state index is 6.71. The highest BCUT2D eigenvalue weighted by Crippen LogP contribution is 2.40. The zero-order valence-electron chi connectivity index (χ0n) is 17.5. The van der Waals surface area contributed by atoms with Crippen LogP contribution in [0.25, 0.3) is 44.2 Å². The van der Waals surface area contributed by atoms with E-state index in [0.717, 1.165) is 38.4 Å². The average molecular weight is 490 g/mol. The Morgan fingerprint density at radius 3 is 2.19 bits per heavy atom. The van der Waals surface area contributed by atoms with E-state index in [1.807, 2.05) is 18.2 Å². The van der Waals surface area contributed by atoms with Crippen molar-refractivity contribution in [3.05, 3.63) is 93.9 Å². The number of halogens is 2. The molecule has 1 aromatic heterocycles. The molecule has 154 valence electrons. The fraction of sp³-hybridized carbons (Fsp3) is 0.143. The number of hydrogen-bond donors (Lipinski definition) is 0. The fourth-order valence-corrected chi connectivity index (χ4v) is 4.94. The molecule has 3 heteroatoms. The van der Waals surface area contributed by atoms with Gasteiger partial charge in [0.05, 0.1) is 9.50 Å².